The number of nitrogens with zero attached hydrogens (tertiary/aromatic N) is 5. The summed E-state index contributed by atoms with van der Waals surface area (Å²) in [6, 6.07) is 10.5. The van der Waals surface area contributed by atoms with Crippen LogP contribution in [0, 0.1) is 6.92 Å². The summed E-state index contributed by atoms with van der Waals surface area (Å²) in [5.74, 6) is 1.80. The maximum atomic E-state index is 13.5. The Labute approximate surface area is 194 Å². The lowest BCUT2D eigenvalue weighted by Crippen LogP contribution is -2.38. The number of piperidine rings is 1. The van der Waals surface area contributed by atoms with E-state index < -0.39 is 0 Å². The molecule has 7 heteroatoms. The normalized spacial score (nSPS) is 23.5. The van der Waals surface area contributed by atoms with Crippen molar-refractivity contribution in [3.63, 3.8) is 0 Å². The molecule has 3 aromatic rings. The van der Waals surface area contributed by atoms with Gasteiger partial charge in [0.05, 0.1) is 11.7 Å². The number of hydrogen-bond acceptors (Lipinski definition) is 5. The minimum atomic E-state index is -0.0139. The molecule has 7 nitrogen and oxygen atoms in total. The zero-order valence-corrected chi connectivity index (χ0v) is 19.3. The van der Waals surface area contributed by atoms with Crippen LogP contribution in [-0.2, 0) is 0 Å². The zero-order valence-electron chi connectivity index (χ0n) is 19.3. The predicted octanol–water partition coefficient (Wildman–Crippen LogP) is 3.82. The minimum Gasteiger partial charge on any atom is -0.355 e. The van der Waals surface area contributed by atoms with Gasteiger partial charge in [-0.05, 0) is 69.1 Å². The number of aryl methyl sites for hydroxylation is 1. The molecule has 2 saturated heterocycles. The van der Waals surface area contributed by atoms with Crippen LogP contribution in [0.25, 0.3) is 5.65 Å². The van der Waals surface area contributed by atoms with Crippen molar-refractivity contribution in [1.29, 1.82) is 0 Å². The zero-order chi connectivity index (χ0) is 22.5. The number of nitrogens with two attached hydrogens (primary N) is 1. The smallest absolute Gasteiger partial charge is 0.254 e. The Hall–Kier alpha value is -2.93. The van der Waals surface area contributed by atoms with E-state index in [9.17, 15) is 4.79 Å². The van der Waals surface area contributed by atoms with E-state index in [4.69, 9.17) is 15.8 Å². The van der Waals surface area contributed by atoms with Crippen molar-refractivity contribution in [1.82, 2.24) is 19.5 Å². The fourth-order valence-electron chi connectivity index (χ4n) is 5.44. The lowest BCUT2D eigenvalue weighted by molar-refractivity contribution is 0.0605. The molecule has 2 aliphatic heterocycles. The second-order valence-corrected chi connectivity index (χ2v) is 10.0. The molecule has 172 valence electrons. The first-order valence-corrected chi connectivity index (χ1v) is 12.4. The molecule has 6 rings (SSSR count). The first-order valence-electron chi connectivity index (χ1n) is 12.4. The van der Waals surface area contributed by atoms with E-state index in [0.717, 1.165) is 73.6 Å². The van der Waals surface area contributed by atoms with Gasteiger partial charge in [0.2, 0.25) is 0 Å². The largest absolute Gasteiger partial charge is 0.355 e. The average molecular weight is 445 g/mol. The summed E-state index contributed by atoms with van der Waals surface area (Å²) < 4.78 is 1.87. The van der Waals surface area contributed by atoms with E-state index in [1.807, 2.05) is 21.5 Å². The number of carbonyl (C=O) groups excluding carboxylic acids is 1. The van der Waals surface area contributed by atoms with Gasteiger partial charge in [0.25, 0.3) is 5.91 Å². The Bertz CT molecular complexity index is 1180. The molecule has 1 aliphatic carbocycles. The number of rotatable bonds is 4. The molecule has 0 bridgehead atoms. The molecule has 2 unspecified atom stereocenters. The highest BCUT2D eigenvalue weighted by Gasteiger charge is 2.31. The van der Waals surface area contributed by atoms with Gasteiger partial charge in [0.15, 0.2) is 5.65 Å². The molecule has 0 radical (unpaired) electrons. The maximum Gasteiger partial charge on any atom is 0.254 e. The number of aromatic nitrogens is 3. The van der Waals surface area contributed by atoms with Crippen molar-refractivity contribution >= 4 is 17.4 Å². The topological polar surface area (TPSA) is 79.8 Å². The highest BCUT2D eigenvalue weighted by Crippen LogP contribution is 2.40. The third-order valence-electron chi connectivity index (χ3n) is 7.46. The number of hydrogen-bond donors (Lipinski definition) is 1. The van der Waals surface area contributed by atoms with Crippen LogP contribution in [0.2, 0.25) is 0 Å². The van der Waals surface area contributed by atoms with Crippen LogP contribution in [-0.4, -0.2) is 51.1 Å². The van der Waals surface area contributed by atoms with Crippen molar-refractivity contribution in [2.75, 3.05) is 24.5 Å². The first-order chi connectivity index (χ1) is 16.1. The van der Waals surface area contributed by atoms with Crippen molar-refractivity contribution in [3.8, 4) is 0 Å². The molecule has 4 heterocycles. The highest BCUT2D eigenvalue weighted by atomic mass is 16.2. The predicted molar refractivity (Wildman–Crippen MR) is 129 cm³/mol. The van der Waals surface area contributed by atoms with Crippen LogP contribution < -0.4 is 10.6 Å². The van der Waals surface area contributed by atoms with Gasteiger partial charge in [-0.25, -0.2) is 9.50 Å². The molecule has 33 heavy (non-hydrogen) atoms. The second kappa shape index (κ2) is 8.13. The van der Waals surface area contributed by atoms with E-state index in [0.29, 0.717) is 5.92 Å². The van der Waals surface area contributed by atoms with Gasteiger partial charge in [0.1, 0.15) is 5.82 Å². The van der Waals surface area contributed by atoms with E-state index in [1.165, 1.54) is 18.4 Å². The van der Waals surface area contributed by atoms with Crippen molar-refractivity contribution in [2.45, 2.75) is 63.5 Å². The van der Waals surface area contributed by atoms with Crippen LogP contribution in [0.4, 0.5) is 5.82 Å². The fraction of sp³-hybridized carbons (Fsp3) is 0.500. The van der Waals surface area contributed by atoms with Gasteiger partial charge in [-0.3, -0.25) is 4.79 Å². The van der Waals surface area contributed by atoms with Gasteiger partial charge in [-0.1, -0.05) is 12.1 Å². The fourth-order valence-corrected chi connectivity index (χ4v) is 5.44. The lowest BCUT2D eigenvalue weighted by atomic mass is 9.98. The summed E-state index contributed by atoms with van der Waals surface area (Å²) >= 11 is 0. The van der Waals surface area contributed by atoms with Gasteiger partial charge in [0, 0.05) is 49.1 Å². The Morgan fingerprint density at radius 1 is 1.06 bits per heavy atom. The van der Waals surface area contributed by atoms with Crippen LogP contribution in [0.15, 0.2) is 36.5 Å². The summed E-state index contributed by atoms with van der Waals surface area (Å²) in [6.45, 7) is 4.63. The van der Waals surface area contributed by atoms with E-state index in [2.05, 4.69) is 36.2 Å². The third-order valence-corrected chi connectivity index (χ3v) is 7.46. The van der Waals surface area contributed by atoms with E-state index in [1.54, 1.807) is 0 Å². The average Bonchev–Trinajstić information content (AvgIpc) is 3.47. The Balaban J connectivity index is 1.28. The van der Waals surface area contributed by atoms with E-state index in [-0.39, 0.29) is 18.0 Å². The molecule has 0 spiro atoms. The molecule has 2 atom stereocenters. The van der Waals surface area contributed by atoms with Crippen molar-refractivity contribution < 1.29 is 4.79 Å². The number of amides is 1. The second-order valence-electron chi connectivity index (χ2n) is 10.0. The number of likely N-dealkylation sites (tertiary alicyclic amines) is 1. The molecule has 1 saturated carbocycles. The number of anilines is 1. The lowest BCUT2D eigenvalue weighted by Gasteiger charge is -2.34. The first kappa shape index (κ1) is 20.7. The summed E-state index contributed by atoms with van der Waals surface area (Å²) in [5, 5.41) is 4.87. The summed E-state index contributed by atoms with van der Waals surface area (Å²) in [6.07, 6.45) is 8.67. The maximum absolute atomic E-state index is 13.5. The van der Waals surface area contributed by atoms with Crippen LogP contribution in [0.5, 0.6) is 0 Å². The van der Waals surface area contributed by atoms with E-state index >= 15 is 0 Å². The van der Waals surface area contributed by atoms with Gasteiger partial charge in [-0.15, -0.1) is 0 Å². The Morgan fingerprint density at radius 2 is 1.88 bits per heavy atom. The monoisotopic (exact) mass is 444 g/mol. The van der Waals surface area contributed by atoms with Crippen LogP contribution >= 0.6 is 0 Å². The minimum absolute atomic E-state index is 0.0139. The molecule has 1 amide bonds. The van der Waals surface area contributed by atoms with Gasteiger partial charge in [-0.2, -0.15) is 5.10 Å². The molecule has 2 N–H and O–H groups in total. The SMILES string of the molecule is Cc1cn2nc(C3CCCCN3C(=O)c3ccc(C4CC4)cc3)cc2nc1N1CCC(N)C1. The number of fused-ring (bicyclic) bond motifs is 1. The molecule has 2 aromatic heterocycles. The Morgan fingerprint density at radius 3 is 2.61 bits per heavy atom. The number of benzene rings is 1. The highest BCUT2D eigenvalue weighted by molar-refractivity contribution is 5.94. The van der Waals surface area contributed by atoms with Gasteiger partial charge >= 0.3 is 0 Å². The molecular formula is C26H32N6O. The van der Waals surface area contributed by atoms with Crippen molar-refractivity contribution in [2.24, 2.45) is 5.73 Å². The molecular weight excluding hydrogens is 412 g/mol. The Kier molecular flexibility index (Phi) is 5.09. The molecule has 1 aromatic carbocycles. The quantitative estimate of drug-likeness (QED) is 0.662. The third kappa shape index (κ3) is 3.88. The summed E-state index contributed by atoms with van der Waals surface area (Å²) in [7, 11) is 0. The van der Waals surface area contributed by atoms with Crippen LogP contribution in [0.1, 0.15) is 77.7 Å². The van der Waals surface area contributed by atoms with Gasteiger partial charge < -0.3 is 15.5 Å². The van der Waals surface area contributed by atoms with Crippen LogP contribution in [0.3, 0.4) is 0 Å². The molecule has 3 fully saturated rings. The standard InChI is InChI=1S/C26H32N6O/c1-17-15-32-24(28-25(17)30-13-11-21(27)16-30)14-22(29-32)23-4-2-3-12-31(23)26(33)20-9-7-19(8-10-20)18-5-6-18/h7-10,14-15,18,21,23H,2-6,11-13,16,27H2,1H3. The summed E-state index contributed by atoms with van der Waals surface area (Å²) in [5.41, 5.74) is 11.1. The summed E-state index contributed by atoms with van der Waals surface area (Å²) in [4.78, 5) is 22.7. The number of carbonyl (C=O) groups is 1. The molecule has 3 aliphatic rings. The van der Waals surface area contributed by atoms with Crippen molar-refractivity contribution in [3.05, 3.63) is 58.9 Å².